The number of benzene rings is 1. The van der Waals surface area contributed by atoms with Crippen molar-refractivity contribution >= 4 is 17.3 Å². The van der Waals surface area contributed by atoms with Gasteiger partial charge in [0.05, 0.1) is 6.04 Å². The van der Waals surface area contributed by atoms with Crippen LogP contribution < -0.4 is 11.1 Å². The molecule has 0 aromatic heterocycles. The molecule has 4 nitrogen and oxygen atoms in total. The Morgan fingerprint density at radius 1 is 1.39 bits per heavy atom. The van der Waals surface area contributed by atoms with Crippen molar-refractivity contribution in [2.45, 2.75) is 32.7 Å². The molecule has 1 unspecified atom stereocenters. The van der Waals surface area contributed by atoms with E-state index in [1.807, 2.05) is 44.1 Å². The zero-order chi connectivity index (χ0) is 13.7. The molecule has 1 rings (SSSR count). The van der Waals surface area contributed by atoms with E-state index in [0.29, 0.717) is 0 Å². The number of carbonyl (C=O) groups is 1. The van der Waals surface area contributed by atoms with E-state index in [9.17, 15) is 4.79 Å². The molecule has 0 saturated carbocycles. The predicted octanol–water partition coefficient (Wildman–Crippen LogP) is 2.11. The van der Waals surface area contributed by atoms with Gasteiger partial charge in [-0.3, -0.25) is 9.69 Å². The summed E-state index contributed by atoms with van der Waals surface area (Å²) in [6, 6.07) is 5.56. The number of aryl methyl sites for hydroxylation is 1. The minimum atomic E-state index is -0.114. The van der Waals surface area contributed by atoms with E-state index in [2.05, 4.69) is 12.2 Å². The predicted molar refractivity (Wildman–Crippen MR) is 76.6 cm³/mol. The largest absolute Gasteiger partial charge is 0.398 e. The number of hydrogen-bond donors (Lipinski definition) is 2. The van der Waals surface area contributed by atoms with Gasteiger partial charge in [-0.25, -0.2) is 0 Å². The molecule has 0 fully saturated rings. The monoisotopic (exact) mass is 249 g/mol. The number of amides is 1. The molecule has 1 aromatic rings. The molecule has 0 bridgehead atoms. The first kappa shape index (κ1) is 14.5. The van der Waals surface area contributed by atoms with Crippen molar-refractivity contribution in [3.8, 4) is 0 Å². The molecule has 0 aliphatic heterocycles. The molecule has 0 radical (unpaired) electrons. The summed E-state index contributed by atoms with van der Waals surface area (Å²) in [5.41, 5.74) is 8.51. The Morgan fingerprint density at radius 3 is 2.50 bits per heavy atom. The van der Waals surface area contributed by atoms with Crippen molar-refractivity contribution in [2.24, 2.45) is 0 Å². The van der Waals surface area contributed by atoms with Gasteiger partial charge >= 0.3 is 0 Å². The Balaban J connectivity index is 2.78. The SMILES string of the molecule is CCc1ccc(NC(=O)C(CC)N(C)C)cc1N. The van der Waals surface area contributed by atoms with Crippen LogP contribution in [-0.4, -0.2) is 30.9 Å². The van der Waals surface area contributed by atoms with Gasteiger partial charge < -0.3 is 11.1 Å². The first-order valence-corrected chi connectivity index (χ1v) is 6.35. The van der Waals surface area contributed by atoms with Crippen LogP contribution in [0.15, 0.2) is 18.2 Å². The highest BCUT2D eigenvalue weighted by atomic mass is 16.2. The van der Waals surface area contributed by atoms with Crippen LogP contribution in [0.25, 0.3) is 0 Å². The number of likely N-dealkylation sites (N-methyl/N-ethyl adjacent to an activating group) is 1. The number of nitrogen functional groups attached to an aromatic ring is 1. The van der Waals surface area contributed by atoms with Crippen molar-refractivity contribution in [2.75, 3.05) is 25.1 Å². The van der Waals surface area contributed by atoms with Gasteiger partial charge in [-0.1, -0.05) is 19.9 Å². The second-order valence-electron chi connectivity index (χ2n) is 4.64. The first-order valence-electron chi connectivity index (χ1n) is 6.35. The molecule has 0 saturated heterocycles. The molecule has 0 spiro atoms. The van der Waals surface area contributed by atoms with Crippen LogP contribution in [0.5, 0.6) is 0 Å². The van der Waals surface area contributed by atoms with Crippen molar-refractivity contribution in [1.82, 2.24) is 4.90 Å². The van der Waals surface area contributed by atoms with Crippen LogP contribution in [0, 0.1) is 0 Å². The summed E-state index contributed by atoms with van der Waals surface area (Å²) in [7, 11) is 3.81. The Morgan fingerprint density at radius 2 is 2.06 bits per heavy atom. The van der Waals surface area contributed by atoms with E-state index in [1.54, 1.807) is 0 Å². The van der Waals surface area contributed by atoms with Crippen molar-refractivity contribution in [3.05, 3.63) is 23.8 Å². The van der Waals surface area contributed by atoms with E-state index >= 15 is 0 Å². The number of nitrogens with two attached hydrogens (primary N) is 1. The maximum absolute atomic E-state index is 12.1. The molecule has 100 valence electrons. The average molecular weight is 249 g/mol. The van der Waals surface area contributed by atoms with Crippen LogP contribution >= 0.6 is 0 Å². The fourth-order valence-electron chi connectivity index (χ4n) is 2.01. The molecule has 0 aliphatic carbocycles. The van der Waals surface area contributed by atoms with E-state index in [-0.39, 0.29) is 11.9 Å². The Bertz CT molecular complexity index is 416. The number of anilines is 2. The van der Waals surface area contributed by atoms with E-state index < -0.39 is 0 Å². The number of nitrogens with one attached hydrogen (secondary N) is 1. The summed E-state index contributed by atoms with van der Waals surface area (Å²) in [5, 5.41) is 2.91. The van der Waals surface area contributed by atoms with Gasteiger partial charge in [0.15, 0.2) is 0 Å². The zero-order valence-corrected chi connectivity index (χ0v) is 11.7. The zero-order valence-electron chi connectivity index (χ0n) is 11.7. The molecule has 1 atom stereocenters. The quantitative estimate of drug-likeness (QED) is 0.786. The topological polar surface area (TPSA) is 58.4 Å². The summed E-state index contributed by atoms with van der Waals surface area (Å²) in [6.45, 7) is 4.06. The van der Waals surface area contributed by atoms with Gasteiger partial charge in [-0.05, 0) is 44.6 Å². The number of nitrogens with zero attached hydrogens (tertiary/aromatic N) is 1. The lowest BCUT2D eigenvalue weighted by atomic mass is 10.1. The lowest BCUT2D eigenvalue weighted by Gasteiger charge is -2.22. The second kappa shape index (κ2) is 6.40. The highest BCUT2D eigenvalue weighted by Gasteiger charge is 2.18. The number of hydrogen-bond acceptors (Lipinski definition) is 3. The molecule has 3 N–H and O–H groups in total. The van der Waals surface area contributed by atoms with Gasteiger partial charge in [-0.2, -0.15) is 0 Å². The Labute approximate surface area is 109 Å². The van der Waals surface area contributed by atoms with Crippen LogP contribution in [-0.2, 0) is 11.2 Å². The van der Waals surface area contributed by atoms with Gasteiger partial charge in [0.1, 0.15) is 0 Å². The summed E-state index contributed by atoms with van der Waals surface area (Å²) in [4.78, 5) is 14.0. The van der Waals surface area contributed by atoms with Crippen LogP contribution in [0.4, 0.5) is 11.4 Å². The lowest BCUT2D eigenvalue weighted by molar-refractivity contribution is -0.120. The van der Waals surface area contributed by atoms with Gasteiger partial charge in [-0.15, -0.1) is 0 Å². The van der Waals surface area contributed by atoms with Crippen molar-refractivity contribution in [1.29, 1.82) is 0 Å². The molecule has 4 heteroatoms. The smallest absolute Gasteiger partial charge is 0.241 e. The van der Waals surface area contributed by atoms with Gasteiger partial charge in [0.25, 0.3) is 0 Å². The summed E-state index contributed by atoms with van der Waals surface area (Å²) in [5.74, 6) is 0.00569. The van der Waals surface area contributed by atoms with E-state index in [1.165, 1.54) is 0 Å². The summed E-state index contributed by atoms with van der Waals surface area (Å²) in [6.07, 6.45) is 1.68. The highest BCUT2D eigenvalue weighted by molar-refractivity contribution is 5.95. The fraction of sp³-hybridized carbons (Fsp3) is 0.500. The van der Waals surface area contributed by atoms with E-state index in [4.69, 9.17) is 5.73 Å². The van der Waals surface area contributed by atoms with Crippen LogP contribution in [0.2, 0.25) is 0 Å². The number of carbonyl (C=O) groups excluding carboxylic acids is 1. The van der Waals surface area contributed by atoms with Gasteiger partial charge in [0, 0.05) is 11.4 Å². The standard InChI is InChI=1S/C14H23N3O/c1-5-10-7-8-11(9-12(10)15)16-14(18)13(6-2)17(3)4/h7-9,13H,5-6,15H2,1-4H3,(H,16,18). The molecular weight excluding hydrogens is 226 g/mol. The molecule has 18 heavy (non-hydrogen) atoms. The maximum atomic E-state index is 12.1. The molecule has 1 amide bonds. The average Bonchev–Trinajstić information content (AvgIpc) is 2.29. The summed E-state index contributed by atoms with van der Waals surface area (Å²) >= 11 is 0. The number of rotatable bonds is 5. The normalized spacial score (nSPS) is 12.5. The lowest BCUT2D eigenvalue weighted by Crippen LogP contribution is -2.39. The maximum Gasteiger partial charge on any atom is 0.241 e. The third-order valence-electron chi connectivity index (χ3n) is 3.11. The first-order chi connectivity index (χ1) is 8.49. The Kier molecular flexibility index (Phi) is 5.16. The molecule has 0 heterocycles. The van der Waals surface area contributed by atoms with E-state index in [0.717, 1.165) is 29.8 Å². The molecular formula is C14H23N3O. The second-order valence-corrected chi connectivity index (χ2v) is 4.64. The third kappa shape index (κ3) is 3.47. The van der Waals surface area contributed by atoms with Crippen LogP contribution in [0.1, 0.15) is 25.8 Å². The molecule has 0 aliphatic rings. The molecule has 1 aromatic carbocycles. The minimum absolute atomic E-state index is 0.00569. The Hall–Kier alpha value is -1.55. The minimum Gasteiger partial charge on any atom is -0.398 e. The van der Waals surface area contributed by atoms with Crippen molar-refractivity contribution in [3.63, 3.8) is 0 Å². The highest BCUT2D eigenvalue weighted by Crippen LogP contribution is 2.19. The van der Waals surface area contributed by atoms with Crippen molar-refractivity contribution < 1.29 is 4.79 Å². The summed E-state index contributed by atoms with van der Waals surface area (Å²) < 4.78 is 0. The third-order valence-corrected chi connectivity index (χ3v) is 3.11. The van der Waals surface area contributed by atoms with Gasteiger partial charge in [0.2, 0.25) is 5.91 Å². The van der Waals surface area contributed by atoms with Crippen LogP contribution in [0.3, 0.4) is 0 Å². The fourth-order valence-corrected chi connectivity index (χ4v) is 2.01.